The minimum atomic E-state index is -0.958. The van der Waals surface area contributed by atoms with E-state index in [0.717, 1.165) is 39.6 Å². The van der Waals surface area contributed by atoms with Gasteiger partial charge in [-0.1, -0.05) is 72.7 Å². The van der Waals surface area contributed by atoms with E-state index in [4.69, 9.17) is 9.47 Å². The van der Waals surface area contributed by atoms with Crippen LogP contribution >= 0.6 is 11.3 Å². The first-order chi connectivity index (χ1) is 32.6. The Labute approximate surface area is 410 Å². The van der Waals surface area contributed by atoms with Crippen molar-refractivity contribution in [2.75, 3.05) is 44.6 Å². The lowest BCUT2D eigenvalue weighted by Gasteiger charge is -2.63. The maximum absolute atomic E-state index is 14.1. The van der Waals surface area contributed by atoms with E-state index < -0.39 is 35.4 Å². The van der Waals surface area contributed by atoms with Crippen molar-refractivity contribution < 1.29 is 33.8 Å². The third kappa shape index (κ3) is 11.5. The number of rotatable bonds is 18. The summed E-state index contributed by atoms with van der Waals surface area (Å²) in [7, 11) is 0. The molecule has 15 nitrogen and oxygen atoms in total. The number of carbonyl (C=O) groups excluding carboxylic acids is 4. The van der Waals surface area contributed by atoms with Gasteiger partial charge >= 0.3 is 0 Å². The molecular weight excluding hydrogens is 893 g/mol. The van der Waals surface area contributed by atoms with E-state index >= 15 is 0 Å². The zero-order valence-corrected chi connectivity index (χ0v) is 42.4. The molecule has 2 aromatic heterocycles. The molecule has 4 atom stereocenters. The fraction of sp³-hybridized carbons (Fsp3) is 0.528. The lowest BCUT2D eigenvalue weighted by Crippen LogP contribution is -2.66. The average molecular weight is 961 g/mol. The number of ketones is 1. The van der Waals surface area contributed by atoms with Gasteiger partial charge in [0, 0.05) is 68.2 Å². The van der Waals surface area contributed by atoms with Crippen LogP contribution in [0.5, 0.6) is 5.75 Å². The second-order valence-electron chi connectivity index (χ2n) is 21.3. The summed E-state index contributed by atoms with van der Waals surface area (Å²) in [5.74, 6) is 0.306. The van der Waals surface area contributed by atoms with E-state index in [1.807, 2.05) is 95.6 Å². The van der Waals surface area contributed by atoms with Crippen molar-refractivity contribution in [3.8, 4) is 22.3 Å². The summed E-state index contributed by atoms with van der Waals surface area (Å²) in [5.41, 5.74) is 5.60. The molecule has 4 N–H and O–H groups in total. The van der Waals surface area contributed by atoms with Gasteiger partial charge in [0.25, 0.3) is 0 Å². The predicted octanol–water partition coefficient (Wildman–Crippen LogP) is 6.88. The van der Waals surface area contributed by atoms with Crippen molar-refractivity contribution in [3.05, 3.63) is 94.3 Å². The molecule has 0 bridgehead atoms. The van der Waals surface area contributed by atoms with Crippen LogP contribution in [0.3, 0.4) is 0 Å². The Morgan fingerprint density at radius 1 is 0.971 bits per heavy atom. The van der Waals surface area contributed by atoms with Crippen molar-refractivity contribution in [1.29, 1.82) is 5.26 Å². The number of hydrogen-bond donors (Lipinski definition) is 4. The van der Waals surface area contributed by atoms with Crippen molar-refractivity contribution in [2.24, 2.45) is 22.2 Å². The van der Waals surface area contributed by atoms with E-state index in [1.165, 1.54) is 4.90 Å². The zero-order chi connectivity index (χ0) is 50.0. The van der Waals surface area contributed by atoms with Crippen molar-refractivity contribution in [2.45, 2.75) is 119 Å². The molecule has 2 aliphatic heterocycles. The van der Waals surface area contributed by atoms with Crippen LogP contribution in [0, 0.1) is 47.3 Å². The van der Waals surface area contributed by atoms with Gasteiger partial charge in [-0.2, -0.15) is 5.26 Å². The number of nitrogens with zero attached hydrogens (tertiary/aromatic N) is 5. The summed E-state index contributed by atoms with van der Waals surface area (Å²) in [6.07, 6.45) is 0.983. The van der Waals surface area contributed by atoms with Crippen LogP contribution in [0.1, 0.15) is 107 Å². The number of aromatic nitrogens is 2. The molecule has 4 heterocycles. The summed E-state index contributed by atoms with van der Waals surface area (Å²) < 4.78 is 12.4. The zero-order valence-electron chi connectivity index (χ0n) is 41.6. The van der Waals surface area contributed by atoms with Crippen LogP contribution in [0.2, 0.25) is 0 Å². The number of aliphatic hydroxyl groups excluding tert-OH is 1. The average Bonchev–Trinajstić information content (AvgIpc) is 3.91. The van der Waals surface area contributed by atoms with Crippen LogP contribution < -0.4 is 20.7 Å². The number of ether oxygens (including phenoxy) is 2. The third-order valence-corrected chi connectivity index (χ3v) is 15.3. The highest BCUT2D eigenvalue weighted by Gasteiger charge is 2.63. The van der Waals surface area contributed by atoms with E-state index in [2.05, 4.69) is 64.6 Å². The molecule has 1 saturated carbocycles. The molecule has 0 unspecified atom stereocenters. The first-order valence-electron chi connectivity index (χ1n) is 23.9. The molecule has 3 amide bonds. The highest BCUT2D eigenvalue weighted by Crippen LogP contribution is 2.61. The molecular formula is C53H68N8O7S. The number of amides is 3. The lowest BCUT2D eigenvalue weighted by molar-refractivity contribution is -0.196. The topological polar surface area (TPSA) is 199 Å². The maximum Gasteiger partial charge on any atom is 0.246 e. The second kappa shape index (κ2) is 20.7. The Morgan fingerprint density at radius 2 is 1.68 bits per heavy atom. The maximum atomic E-state index is 14.1. The summed E-state index contributed by atoms with van der Waals surface area (Å²) in [5, 5.41) is 29.2. The van der Waals surface area contributed by atoms with Gasteiger partial charge in [0.05, 0.1) is 46.0 Å². The highest BCUT2D eigenvalue weighted by molar-refractivity contribution is 7.13. The minimum Gasteiger partial charge on any atom is -0.489 e. The second-order valence-corrected chi connectivity index (χ2v) is 22.2. The number of pyridine rings is 1. The van der Waals surface area contributed by atoms with E-state index in [9.17, 15) is 29.5 Å². The lowest BCUT2D eigenvalue weighted by atomic mass is 9.44. The predicted molar refractivity (Wildman–Crippen MR) is 266 cm³/mol. The Kier molecular flexibility index (Phi) is 15.3. The number of carbonyl (C=O) groups is 4. The number of thiazole rings is 1. The number of Topliss-reactive ketones (excluding diaryl/α,β-unsaturated/α-hetero) is 1. The monoisotopic (exact) mass is 960 g/mol. The number of nitrogens with one attached hydrogen (secondary N) is 3. The summed E-state index contributed by atoms with van der Waals surface area (Å²) in [4.78, 5) is 68.1. The van der Waals surface area contributed by atoms with Crippen molar-refractivity contribution in [3.63, 3.8) is 0 Å². The molecule has 0 spiro atoms. The van der Waals surface area contributed by atoms with Crippen molar-refractivity contribution in [1.82, 2.24) is 30.4 Å². The number of nitriles is 1. The first-order valence-corrected chi connectivity index (χ1v) is 24.8. The number of aliphatic hydroxyl groups is 1. The van der Waals surface area contributed by atoms with Gasteiger partial charge < -0.3 is 35.4 Å². The molecule has 1 aliphatic carbocycles. The molecule has 16 heteroatoms. The fourth-order valence-corrected chi connectivity index (χ4v) is 11.3. The van der Waals surface area contributed by atoms with Gasteiger partial charge in [0.2, 0.25) is 17.7 Å². The van der Waals surface area contributed by atoms with Crippen LogP contribution in [-0.4, -0.2) is 118 Å². The molecule has 69 heavy (non-hydrogen) atoms. The molecule has 2 aromatic carbocycles. The number of likely N-dealkylation sites (tertiary alicyclic amines) is 2. The molecule has 0 radical (unpaired) electrons. The third-order valence-electron chi connectivity index (χ3n) is 14.4. The number of β-amino-alcohol motifs (C(OH)–C–C–N with tert-alkyl or cyclic N) is 1. The van der Waals surface area contributed by atoms with Crippen LogP contribution in [-0.2, 0) is 19.1 Å². The SMILES string of the molecule is Cc1cc(OC2C(C)(C)C(CC(=O)c3ccc(NCCN4CC(OCC(=O)N[C@H](C(=O)N5C[C@H](O)C[C@H]5C(=O)N[C@@H](C)c5ccc(-c6scnc6C)cc5)C(C)(C)C)C4)nc3)C2(C)C)ccc1C#N. The van der Waals surface area contributed by atoms with E-state index in [-0.39, 0.29) is 66.3 Å². The van der Waals surface area contributed by atoms with Gasteiger partial charge in [0.15, 0.2) is 5.78 Å². The Bertz CT molecular complexity index is 2530. The van der Waals surface area contributed by atoms with Crippen LogP contribution in [0.4, 0.5) is 5.82 Å². The largest absolute Gasteiger partial charge is 0.489 e. The number of hydrogen-bond acceptors (Lipinski definition) is 13. The van der Waals surface area contributed by atoms with Gasteiger partial charge in [-0.25, -0.2) is 9.97 Å². The minimum absolute atomic E-state index is 0.0143. The summed E-state index contributed by atoms with van der Waals surface area (Å²) >= 11 is 1.58. The Hall–Kier alpha value is -5.73. The summed E-state index contributed by atoms with van der Waals surface area (Å²) in [6.45, 7) is 22.3. The first kappa shape index (κ1) is 51.1. The highest BCUT2D eigenvalue weighted by atomic mass is 32.1. The summed E-state index contributed by atoms with van der Waals surface area (Å²) in [6, 6.07) is 17.1. The molecule has 3 fully saturated rings. The van der Waals surface area contributed by atoms with Crippen LogP contribution in [0.15, 0.2) is 66.3 Å². The number of aryl methyl sites for hydroxylation is 2. The van der Waals surface area contributed by atoms with Gasteiger partial charge in [-0.15, -0.1) is 11.3 Å². The van der Waals surface area contributed by atoms with Gasteiger partial charge in [0.1, 0.15) is 36.4 Å². The molecule has 7 rings (SSSR count). The van der Waals surface area contributed by atoms with E-state index in [1.54, 1.807) is 23.6 Å². The fourth-order valence-electron chi connectivity index (χ4n) is 10.5. The molecule has 2 saturated heterocycles. The Balaban J connectivity index is 0.817. The Morgan fingerprint density at radius 3 is 2.29 bits per heavy atom. The van der Waals surface area contributed by atoms with Gasteiger partial charge in [-0.3, -0.25) is 24.1 Å². The molecule has 368 valence electrons. The normalized spacial score (nSPS) is 21.8. The van der Waals surface area contributed by atoms with Gasteiger partial charge in [-0.05, 0) is 79.1 Å². The standard InChI is InChI=1S/C53H68N8O7S/c1-31-21-39(17-15-36(31)24-54)68-50-52(7,8)43(53(50,9)10)23-42(63)37-16-18-44(56-25-37)55-19-20-60-27-40(28-60)67-29-45(64)59-47(51(4,5)6)49(66)61-26-38(62)22-41(61)48(65)58-32(2)34-11-13-35(14-12-34)46-33(3)57-30-69-46/h11-18,21,25,30,32,38,40-41,43,47,50,62H,19-20,22-23,26-29H2,1-10H3,(H,55,56)(H,58,65)(H,59,64)/t32-,38+,41-,43?,47+,50?/m0/s1. The van der Waals surface area contributed by atoms with Crippen molar-refractivity contribution >= 4 is 40.7 Å². The number of benzene rings is 2. The van der Waals surface area contributed by atoms with Crippen LogP contribution in [0.25, 0.3) is 10.4 Å². The smallest absolute Gasteiger partial charge is 0.246 e. The number of anilines is 1. The van der Waals surface area contributed by atoms with E-state index in [0.29, 0.717) is 43.0 Å². The molecule has 3 aliphatic rings. The molecule has 4 aromatic rings. The quantitative estimate of drug-likeness (QED) is 0.0756.